The third kappa shape index (κ3) is 14.3. The van der Waals surface area contributed by atoms with E-state index in [1.807, 2.05) is 61.8 Å². The van der Waals surface area contributed by atoms with Crippen LogP contribution in [0.2, 0.25) is 0 Å². The van der Waals surface area contributed by atoms with Crippen molar-refractivity contribution in [3.63, 3.8) is 0 Å². The van der Waals surface area contributed by atoms with Gasteiger partial charge in [-0.1, -0.05) is 112 Å². The highest BCUT2D eigenvalue weighted by Gasteiger charge is 2.47. The van der Waals surface area contributed by atoms with Gasteiger partial charge in [0.05, 0.1) is 25.2 Å². The third-order valence-corrected chi connectivity index (χ3v) is 21.8. The van der Waals surface area contributed by atoms with E-state index in [1.165, 1.54) is 7.11 Å². The van der Waals surface area contributed by atoms with Crippen LogP contribution < -0.4 is 26.0 Å². The maximum absolute atomic E-state index is 15.8. The van der Waals surface area contributed by atoms with Crippen molar-refractivity contribution in [1.29, 1.82) is 0 Å². The van der Waals surface area contributed by atoms with Crippen LogP contribution >= 0.6 is 0 Å². The number of nitrogens with one attached hydrogen (secondary N) is 5. The molecule has 0 spiro atoms. The number of aromatic amines is 1. The Bertz CT molecular complexity index is 3900. The molecule has 14 heteroatoms. The van der Waals surface area contributed by atoms with Gasteiger partial charge in [-0.2, -0.15) is 0 Å². The molecule has 2 fully saturated rings. The number of aromatic hydroxyl groups is 3. The number of hydrogen-bond donors (Lipinski definition) is 11. The molecule has 0 unspecified atom stereocenters. The van der Waals surface area contributed by atoms with E-state index in [0.717, 1.165) is 87.2 Å². The number of phenols is 3. The molecule has 1 aromatic heterocycles. The van der Waals surface area contributed by atoms with Crippen molar-refractivity contribution in [3.05, 3.63) is 171 Å². The fourth-order valence-corrected chi connectivity index (χ4v) is 17.1. The minimum atomic E-state index is -1.91. The van der Waals surface area contributed by atoms with E-state index in [4.69, 9.17) is 4.74 Å². The second kappa shape index (κ2) is 28.8. The molecule has 93 heavy (non-hydrogen) atoms. The maximum Gasteiger partial charge on any atom is 0.173 e. The lowest BCUT2D eigenvalue weighted by Gasteiger charge is -2.40. The van der Waals surface area contributed by atoms with Crippen molar-refractivity contribution < 1.29 is 45.0 Å². The van der Waals surface area contributed by atoms with Crippen LogP contribution in [0.1, 0.15) is 135 Å². The molecule has 2 saturated carbocycles. The Kier molecular flexibility index (Phi) is 20.2. The van der Waals surface area contributed by atoms with Crippen LogP contribution in [-0.2, 0) is 35.3 Å². The van der Waals surface area contributed by atoms with Gasteiger partial charge in [0.25, 0.3) is 0 Å². The largest absolute Gasteiger partial charge is 0.508 e. The molecule has 14 nitrogen and oxygen atoms in total. The summed E-state index contributed by atoms with van der Waals surface area (Å²) in [5.41, 5.74) is 9.04. The van der Waals surface area contributed by atoms with Gasteiger partial charge in [0, 0.05) is 98.0 Å². The van der Waals surface area contributed by atoms with Crippen molar-refractivity contribution >= 4 is 28.0 Å². The number of aliphatic hydroxyl groups excluding tert-OH is 3. The number of rotatable bonds is 7. The number of carbonyl (C=O) groups is 2. The van der Waals surface area contributed by atoms with Gasteiger partial charge < -0.3 is 61.6 Å². The monoisotopic (exact) mass is 1260 g/mol. The average molecular weight is 1260 g/mol. The number of ketones is 2. The van der Waals surface area contributed by atoms with E-state index in [0.29, 0.717) is 62.8 Å². The summed E-state index contributed by atoms with van der Waals surface area (Å²) in [7, 11) is 3.48. The number of fused-ring (bicyclic) bond motifs is 15. The fourth-order valence-electron chi connectivity index (χ4n) is 17.1. The first-order valence-electron chi connectivity index (χ1n) is 34.1. The van der Waals surface area contributed by atoms with Gasteiger partial charge in [-0.05, 0) is 198 Å². The smallest absolute Gasteiger partial charge is 0.173 e. The summed E-state index contributed by atoms with van der Waals surface area (Å²) in [5, 5.41) is 87.2. The summed E-state index contributed by atoms with van der Waals surface area (Å²) in [6.45, 7) is 8.52. The zero-order valence-corrected chi connectivity index (χ0v) is 54.4. The maximum atomic E-state index is 15.8. The number of Topliss-reactive ketones (excluding diaryl/α,β-unsaturated/α-hetero) is 2. The number of ether oxygens (including phenoxy) is 1. The number of methoxy groups -OCH3 is 1. The minimum Gasteiger partial charge on any atom is -0.508 e. The van der Waals surface area contributed by atoms with Gasteiger partial charge in [-0.15, -0.1) is 0 Å². The van der Waals surface area contributed by atoms with Crippen LogP contribution in [0, 0.1) is 82.9 Å². The summed E-state index contributed by atoms with van der Waals surface area (Å²) in [4.78, 5) is 34.0. The number of aliphatic hydroxyl groups is 3. The number of anilines is 1. The average Bonchev–Trinajstić information content (AvgIpc) is 1.65. The molecule has 13 bridgehead atoms. The SMILES string of the molecule is CCC[C@H]1[C@@H]2C[C@@H]3C[C@H]4C#C[C@@H](c5cc(O)c(OC)cc5CCC(=O)[C@@H](O)C(=O)[C@@H]4C2)c2ccccc2[C@@H]2C[C@@H](C)[C@H](Cc4cccc(O)c4)[C@@H](C#C[C@H](CNC)[C@H]3C3=CCNC(=C3)Nc3ccc4ccc(c(O)c4c3)C[C@H](O)CNC[C@@H](C)c3c[nH]c(c3)C[C@H]1O)C2. The Balaban J connectivity index is 1.09. The molecule has 488 valence electrons. The van der Waals surface area contributed by atoms with Gasteiger partial charge in [-0.3, -0.25) is 9.59 Å². The molecule has 0 saturated heterocycles. The zero-order chi connectivity index (χ0) is 65.0. The Morgan fingerprint density at radius 2 is 1.57 bits per heavy atom. The molecule has 5 aromatic carbocycles. The van der Waals surface area contributed by atoms with E-state index in [9.17, 15) is 35.4 Å². The van der Waals surface area contributed by atoms with E-state index in [1.54, 1.807) is 18.2 Å². The molecule has 12 rings (SSSR count). The first kappa shape index (κ1) is 65.3. The lowest BCUT2D eigenvalue weighted by atomic mass is 9.64. The van der Waals surface area contributed by atoms with E-state index < -0.39 is 47.6 Å². The molecule has 0 amide bonds. The molecule has 2 aliphatic heterocycles. The molecule has 3 heterocycles. The van der Waals surface area contributed by atoms with Crippen molar-refractivity contribution in [2.24, 2.45) is 59.2 Å². The van der Waals surface area contributed by atoms with Crippen molar-refractivity contribution in [2.45, 2.75) is 134 Å². The molecule has 6 aromatic rings. The summed E-state index contributed by atoms with van der Waals surface area (Å²) >= 11 is 0. The number of dihydropyridines is 1. The Morgan fingerprint density at radius 3 is 2.38 bits per heavy atom. The van der Waals surface area contributed by atoms with E-state index in [2.05, 4.69) is 113 Å². The van der Waals surface area contributed by atoms with Gasteiger partial charge in [-0.25, -0.2) is 0 Å². The number of aryl methyl sites for hydroxylation is 1. The van der Waals surface area contributed by atoms with Crippen LogP contribution in [0.4, 0.5) is 5.69 Å². The Labute approximate surface area is 548 Å². The summed E-state index contributed by atoms with van der Waals surface area (Å²) < 4.78 is 5.73. The summed E-state index contributed by atoms with van der Waals surface area (Å²) in [5.74, 6) is 12.9. The zero-order valence-electron chi connectivity index (χ0n) is 54.4. The molecule has 11 N–H and O–H groups in total. The van der Waals surface area contributed by atoms with E-state index in [-0.39, 0.29) is 108 Å². The third-order valence-electron chi connectivity index (χ3n) is 21.8. The molecule has 4 aliphatic carbocycles. The first-order chi connectivity index (χ1) is 45.0. The minimum absolute atomic E-state index is 0.0485. The fraction of sp³-hybridized carbons (Fsp3) is 0.468. The van der Waals surface area contributed by atoms with Crippen molar-refractivity contribution in [2.75, 3.05) is 45.7 Å². The van der Waals surface area contributed by atoms with Gasteiger partial charge in [0.2, 0.25) is 0 Å². The van der Waals surface area contributed by atoms with Crippen LogP contribution in [-0.4, -0.2) is 106 Å². The highest BCUT2D eigenvalue weighted by molar-refractivity contribution is 6.06. The number of H-pyrrole nitrogens is 1. The molecule has 6 aliphatic rings. The number of phenolic OH excluding ortho intramolecular Hbond substituents is 3. The number of hydrogen-bond acceptors (Lipinski definition) is 13. The number of carbonyl (C=O) groups excluding carboxylic acids is 2. The summed E-state index contributed by atoms with van der Waals surface area (Å²) in [6, 6.07) is 31.6. The molecular weight excluding hydrogens is 1160 g/mol. The predicted molar refractivity (Wildman–Crippen MR) is 365 cm³/mol. The van der Waals surface area contributed by atoms with Crippen molar-refractivity contribution in [3.8, 4) is 46.7 Å². The van der Waals surface area contributed by atoms with E-state index >= 15 is 4.79 Å². The lowest BCUT2D eigenvalue weighted by Crippen LogP contribution is -2.40. The number of β-amino-alcohol motifs (C(OH)–C–C–N with tert-alkyl or cyclic N) is 1. The lowest BCUT2D eigenvalue weighted by molar-refractivity contribution is -0.142. The second-order valence-corrected chi connectivity index (χ2v) is 27.9. The normalized spacial score (nSPS) is 30.1. The number of benzene rings is 5. The number of aromatic nitrogens is 1. The Morgan fingerprint density at radius 1 is 0.753 bits per heavy atom. The summed E-state index contributed by atoms with van der Waals surface area (Å²) in [6.07, 6.45) is 8.61. The van der Waals surface area contributed by atoms with Gasteiger partial charge in [0.15, 0.2) is 29.2 Å². The van der Waals surface area contributed by atoms with Crippen LogP contribution in [0.15, 0.2) is 127 Å². The second-order valence-electron chi connectivity index (χ2n) is 27.9. The van der Waals surface area contributed by atoms with Gasteiger partial charge >= 0.3 is 0 Å². The molecule has 0 radical (unpaired) electrons. The predicted octanol–water partition coefficient (Wildman–Crippen LogP) is 11.1. The van der Waals surface area contributed by atoms with Crippen molar-refractivity contribution in [1.82, 2.24) is 20.9 Å². The quantitative estimate of drug-likeness (QED) is 0.0529. The van der Waals surface area contributed by atoms with Crippen LogP contribution in [0.25, 0.3) is 10.8 Å². The van der Waals surface area contributed by atoms with Crippen LogP contribution in [0.5, 0.6) is 23.0 Å². The first-order valence-corrected chi connectivity index (χ1v) is 34.1. The molecular formula is C79H93N5O9. The Hall–Kier alpha value is -7.82. The highest BCUT2D eigenvalue weighted by atomic mass is 16.5. The molecule has 16 atom stereocenters. The highest BCUT2D eigenvalue weighted by Crippen LogP contribution is 2.51. The number of allylic oxidation sites excluding steroid dienone is 2. The standard InChI is InChI=1S/C79H93N5O9/c1-6-10-64-56-32-57-31-50-20-23-66(68-40-73(89)74(93-5)36-51(68)21-24-71(87)79(92)78(91)69(50)35-56)65-14-8-7-13-63(65)55-27-45(2)67(29-47-11-9-12-61(85)28-47)49(30-55)16-18-54(42-80-4)76(57)52-25-26-82-75(37-52)84-59-22-19-48-15-17-53(77(90)70(48)38-59)34-62(86)44-81-41-46(3)58-33-60(83-43-58)39-72(64)88/h7-9,11-15,17,19,22,25,28,33,36-38,40,43,45-46,49-50,54-57,62,64,66-67,69,72,76,79-86,88-90,92H,6,10,21,24,26-27,29-32,34-35,39,41-42,44H2,1-5H3/t45-,46-,49+,50-,54-,55-,56-,57+,62+,64+,66-,67+,69-,72-,76-,79-/m1/s1. The topological polar surface area (TPSA) is 229 Å². The van der Waals surface area contributed by atoms with Gasteiger partial charge in [0.1, 0.15) is 17.3 Å². The van der Waals surface area contributed by atoms with Crippen LogP contribution in [0.3, 0.4) is 0 Å².